The van der Waals surface area contributed by atoms with Gasteiger partial charge in [-0.1, -0.05) is 0 Å². The molecule has 6 heavy (non-hydrogen) atoms. The van der Waals surface area contributed by atoms with Gasteiger partial charge in [-0.2, -0.15) is 0 Å². The Bertz CT molecular complexity index is 53.1. The summed E-state index contributed by atoms with van der Waals surface area (Å²) in [4.78, 5) is 0. The van der Waals surface area contributed by atoms with Crippen LogP contribution >= 0.6 is 0 Å². The van der Waals surface area contributed by atoms with Crippen LogP contribution in [0.2, 0.25) is 0 Å². The van der Waals surface area contributed by atoms with E-state index in [4.69, 9.17) is 0 Å². The number of hydrogen-bond donors (Lipinski definition) is 0. The van der Waals surface area contributed by atoms with Crippen LogP contribution in [0.4, 0.5) is 0 Å². The molecule has 0 aliphatic heterocycles. The summed E-state index contributed by atoms with van der Waals surface area (Å²) in [7, 11) is 0. The second kappa shape index (κ2) is 1.85. The molecular formula is C4H9MnN. The van der Waals surface area contributed by atoms with E-state index in [1.807, 2.05) is 20.8 Å². The summed E-state index contributed by atoms with van der Waals surface area (Å²) in [6.07, 6.45) is 0. The quantitative estimate of drug-likeness (QED) is 0.436. The van der Waals surface area contributed by atoms with Crippen molar-refractivity contribution in [3.8, 4) is 0 Å². The summed E-state index contributed by atoms with van der Waals surface area (Å²) < 4.78 is 3.83. The van der Waals surface area contributed by atoms with Gasteiger partial charge in [-0.05, 0) is 0 Å². The van der Waals surface area contributed by atoms with E-state index in [1.165, 1.54) is 0 Å². The van der Waals surface area contributed by atoms with E-state index >= 15 is 0 Å². The molecule has 0 fully saturated rings. The molecule has 0 aliphatic carbocycles. The molecular weight excluding hydrogens is 117 g/mol. The van der Waals surface area contributed by atoms with Gasteiger partial charge in [0.2, 0.25) is 0 Å². The molecule has 0 saturated carbocycles. The van der Waals surface area contributed by atoms with Crippen molar-refractivity contribution in [2.75, 3.05) is 0 Å². The summed E-state index contributed by atoms with van der Waals surface area (Å²) >= 11 is 2.99. The number of hydrogen-bond acceptors (Lipinski definition) is 1. The Morgan fingerprint density at radius 3 is 1.50 bits per heavy atom. The number of rotatable bonds is 0. The van der Waals surface area contributed by atoms with E-state index in [-0.39, 0.29) is 5.54 Å². The molecule has 2 heteroatoms. The van der Waals surface area contributed by atoms with Gasteiger partial charge in [-0.3, -0.25) is 0 Å². The molecule has 0 heterocycles. The van der Waals surface area contributed by atoms with E-state index in [9.17, 15) is 0 Å². The molecule has 0 unspecified atom stereocenters. The first-order valence-electron chi connectivity index (χ1n) is 1.89. The minimum atomic E-state index is 0.0833. The summed E-state index contributed by atoms with van der Waals surface area (Å²) in [6, 6.07) is 0. The molecule has 0 spiro atoms. The summed E-state index contributed by atoms with van der Waals surface area (Å²) in [6.45, 7) is 6.09. The standard InChI is InChI=1S/C4H9N.Mn/c1-4(2,3)5;/h1-3H3;. The van der Waals surface area contributed by atoms with Crippen molar-refractivity contribution in [3.05, 3.63) is 0 Å². The van der Waals surface area contributed by atoms with Crippen molar-refractivity contribution in [2.45, 2.75) is 26.3 Å². The third kappa shape index (κ3) is 4.32. The van der Waals surface area contributed by atoms with E-state index in [2.05, 4.69) is 19.8 Å². The second-order valence-corrected chi connectivity index (χ2v) is 2.52. The fourth-order valence-corrected chi connectivity index (χ4v) is 0. The third-order valence-corrected chi connectivity index (χ3v) is 1.05. The molecule has 1 nitrogen and oxygen atoms in total. The topological polar surface area (TPSA) is 12.4 Å². The van der Waals surface area contributed by atoms with Crippen LogP contribution in [0, 0.1) is 0 Å². The third-order valence-electron chi connectivity index (χ3n) is 0.254. The molecule has 0 bridgehead atoms. The first-order valence-corrected chi connectivity index (χ1v) is 2.42. The molecule has 0 saturated heterocycles. The first kappa shape index (κ1) is 6.32. The Balaban J connectivity index is 3.45. The Kier molecular flexibility index (Phi) is 1.95. The van der Waals surface area contributed by atoms with Crippen molar-refractivity contribution >= 4 is 0 Å². The van der Waals surface area contributed by atoms with Gasteiger partial charge >= 0.3 is 46.1 Å². The zero-order chi connectivity index (χ0) is 5.21. The van der Waals surface area contributed by atoms with Crippen LogP contribution in [0.3, 0.4) is 0 Å². The van der Waals surface area contributed by atoms with Crippen LogP contribution in [0.1, 0.15) is 20.8 Å². The fourth-order valence-electron chi connectivity index (χ4n) is 0. The first-order chi connectivity index (χ1) is 2.56. The molecule has 0 radical (unpaired) electrons. The van der Waals surface area contributed by atoms with E-state index in [0.29, 0.717) is 0 Å². The fraction of sp³-hybridized carbons (Fsp3) is 1.00. The van der Waals surface area contributed by atoms with Crippen molar-refractivity contribution < 1.29 is 15.8 Å². The van der Waals surface area contributed by atoms with Gasteiger partial charge < -0.3 is 0 Å². The van der Waals surface area contributed by atoms with Crippen LogP contribution in [0.15, 0.2) is 3.96 Å². The van der Waals surface area contributed by atoms with Crippen LogP contribution in [0.25, 0.3) is 0 Å². The molecule has 0 rings (SSSR count). The van der Waals surface area contributed by atoms with E-state index < -0.39 is 0 Å². The Hall–Kier alpha value is 0.319. The molecule has 0 aliphatic rings. The van der Waals surface area contributed by atoms with Crippen LogP contribution in [0.5, 0.6) is 0 Å². The second-order valence-electron chi connectivity index (χ2n) is 2.26. The average Bonchev–Trinajstić information content (AvgIpc) is 1.35. The number of nitrogens with zero attached hydrogens (tertiary/aromatic N) is 1. The van der Waals surface area contributed by atoms with Gasteiger partial charge in [0.25, 0.3) is 0 Å². The van der Waals surface area contributed by atoms with Crippen molar-refractivity contribution in [3.63, 3.8) is 0 Å². The van der Waals surface area contributed by atoms with Crippen LogP contribution in [-0.2, 0) is 15.8 Å². The van der Waals surface area contributed by atoms with Crippen molar-refractivity contribution in [2.24, 2.45) is 3.96 Å². The van der Waals surface area contributed by atoms with Crippen LogP contribution in [-0.4, -0.2) is 5.54 Å². The van der Waals surface area contributed by atoms with E-state index in [0.717, 1.165) is 0 Å². The van der Waals surface area contributed by atoms with Crippen LogP contribution < -0.4 is 0 Å². The summed E-state index contributed by atoms with van der Waals surface area (Å²) in [5.74, 6) is 0. The Labute approximate surface area is 46.7 Å². The predicted octanol–water partition coefficient (Wildman–Crippen LogP) is 1.52. The van der Waals surface area contributed by atoms with Gasteiger partial charge in [0.1, 0.15) is 0 Å². The predicted molar refractivity (Wildman–Crippen MR) is 22.2 cm³/mol. The van der Waals surface area contributed by atoms with Gasteiger partial charge in [-0.15, -0.1) is 0 Å². The monoisotopic (exact) mass is 126 g/mol. The SMILES string of the molecule is CC(C)(C)[N]=[Mn]. The normalized spacial score (nSPS) is 11.2. The van der Waals surface area contributed by atoms with Gasteiger partial charge in [0, 0.05) is 0 Å². The summed E-state index contributed by atoms with van der Waals surface area (Å²) in [5, 5.41) is 0. The molecule has 0 N–H and O–H groups in total. The van der Waals surface area contributed by atoms with Crippen molar-refractivity contribution in [1.29, 1.82) is 0 Å². The van der Waals surface area contributed by atoms with Gasteiger partial charge in [0.05, 0.1) is 0 Å². The molecule has 0 aromatic heterocycles. The molecule has 0 aromatic rings. The van der Waals surface area contributed by atoms with Gasteiger partial charge in [0.15, 0.2) is 0 Å². The zero-order valence-electron chi connectivity index (χ0n) is 4.33. The van der Waals surface area contributed by atoms with Crippen molar-refractivity contribution in [1.82, 2.24) is 0 Å². The Morgan fingerprint density at radius 2 is 1.50 bits per heavy atom. The average molecular weight is 126 g/mol. The minimum absolute atomic E-state index is 0.0833. The molecule has 0 aromatic carbocycles. The Morgan fingerprint density at radius 1 is 1.33 bits per heavy atom. The molecule has 0 atom stereocenters. The molecule has 0 amide bonds. The maximum atomic E-state index is 3.83. The molecule has 37 valence electrons. The zero-order valence-corrected chi connectivity index (χ0v) is 5.51. The van der Waals surface area contributed by atoms with Gasteiger partial charge in [-0.25, -0.2) is 0 Å². The van der Waals surface area contributed by atoms with E-state index in [1.54, 1.807) is 0 Å². The summed E-state index contributed by atoms with van der Waals surface area (Å²) in [5.41, 5.74) is 0.0833. The maximum absolute atomic E-state index is 3.83.